The van der Waals surface area contributed by atoms with Crippen molar-refractivity contribution in [1.29, 1.82) is 0 Å². The molecule has 4 N–H and O–H groups in total. The zero-order valence-corrected chi connectivity index (χ0v) is 30.3. The third-order valence-corrected chi connectivity index (χ3v) is 10.4. The van der Waals surface area contributed by atoms with Crippen LogP contribution in [0.3, 0.4) is 0 Å². The second-order valence-electron chi connectivity index (χ2n) is 14.6. The van der Waals surface area contributed by atoms with E-state index in [2.05, 4.69) is 10.3 Å². The van der Waals surface area contributed by atoms with Crippen molar-refractivity contribution in [2.75, 3.05) is 39.3 Å². The summed E-state index contributed by atoms with van der Waals surface area (Å²) in [6, 6.07) is 17.6. The molecule has 0 bridgehead atoms. The standard InChI is InChI=1S/C39H44F5N5O6/c1-37(2,33-18-26-19-45-13-12-31(26)55-33)49-15-14-48(29(21-49)36(53)46-23-38(40,41)39(42,43)44)20-27(50)17-25(16-24-8-4-3-5-9-24)35(52)47-34-28-10-6-7-11-32(28)54-22-30(34)51/h3-13,18-19,25,27,29-30,34,50-51H,14-17,20-23H2,1-2H3,(H,46,53)(H,47,52)/t25?,27-,29-,30+,34-/m0/s1. The van der Waals surface area contributed by atoms with Gasteiger partial charge in [0.05, 0.1) is 24.2 Å². The van der Waals surface area contributed by atoms with E-state index < -0.39 is 66.2 Å². The second-order valence-corrected chi connectivity index (χ2v) is 14.6. The van der Waals surface area contributed by atoms with Gasteiger partial charge in [0.1, 0.15) is 35.8 Å². The van der Waals surface area contributed by atoms with E-state index in [1.807, 2.05) is 49.1 Å². The summed E-state index contributed by atoms with van der Waals surface area (Å²) in [6.45, 7) is 1.83. The smallest absolute Gasteiger partial charge is 0.455 e. The average molecular weight is 774 g/mol. The van der Waals surface area contributed by atoms with Crippen molar-refractivity contribution in [3.8, 4) is 5.75 Å². The summed E-state index contributed by atoms with van der Waals surface area (Å²) >= 11 is 0. The van der Waals surface area contributed by atoms with Crippen LogP contribution in [0.1, 0.15) is 43.2 Å². The van der Waals surface area contributed by atoms with Gasteiger partial charge in [0, 0.05) is 55.4 Å². The van der Waals surface area contributed by atoms with Crippen LogP contribution >= 0.6 is 0 Å². The number of piperazine rings is 1. The van der Waals surface area contributed by atoms with Gasteiger partial charge in [0.25, 0.3) is 0 Å². The number of hydrogen-bond donors (Lipinski definition) is 4. The lowest BCUT2D eigenvalue weighted by Crippen LogP contribution is -2.64. The number of amides is 2. The number of ether oxygens (including phenoxy) is 1. The zero-order chi connectivity index (χ0) is 39.5. The average Bonchev–Trinajstić information content (AvgIpc) is 3.60. The zero-order valence-electron chi connectivity index (χ0n) is 30.3. The van der Waals surface area contributed by atoms with Crippen LogP contribution in [0.2, 0.25) is 0 Å². The number of fused-ring (bicyclic) bond motifs is 2. The topological polar surface area (TPSA) is 140 Å². The van der Waals surface area contributed by atoms with Gasteiger partial charge in [-0.15, -0.1) is 0 Å². The maximum atomic E-state index is 14.0. The maximum Gasteiger partial charge on any atom is 0.455 e. The number of halogens is 5. The highest BCUT2D eigenvalue weighted by Crippen LogP contribution is 2.37. The molecule has 1 fully saturated rings. The van der Waals surface area contributed by atoms with Gasteiger partial charge in [-0.1, -0.05) is 48.5 Å². The summed E-state index contributed by atoms with van der Waals surface area (Å²) in [5.74, 6) is -6.45. The Labute approximate surface area is 314 Å². The van der Waals surface area contributed by atoms with Crippen LogP contribution in [0.25, 0.3) is 11.0 Å². The molecule has 0 radical (unpaired) electrons. The highest BCUT2D eigenvalue weighted by Gasteiger charge is 2.57. The number of aliphatic hydroxyl groups is 2. The molecule has 0 saturated carbocycles. The third-order valence-electron chi connectivity index (χ3n) is 10.4. The SMILES string of the molecule is CC(C)(c1cc2cnccc2o1)N1CCN(C[C@@H](O)CC(Cc2ccccc2)C(=O)N[C@H]2c3ccccc3OC[C@H]2O)[C@H](C(=O)NCC(F)(F)C(F)(F)F)C1. The molecular formula is C39H44F5N5O6. The molecule has 1 saturated heterocycles. The molecule has 296 valence electrons. The number of alkyl halides is 5. The molecule has 4 aromatic rings. The number of rotatable bonds is 13. The van der Waals surface area contributed by atoms with Crippen LogP contribution in [0.5, 0.6) is 5.75 Å². The lowest BCUT2D eigenvalue weighted by atomic mass is 9.90. The molecule has 2 amide bonds. The first-order valence-corrected chi connectivity index (χ1v) is 18.0. The molecule has 2 aliphatic rings. The van der Waals surface area contributed by atoms with Crippen LogP contribution in [0.15, 0.2) is 83.5 Å². The first-order chi connectivity index (χ1) is 26.0. The van der Waals surface area contributed by atoms with E-state index in [-0.39, 0.29) is 39.1 Å². The minimum atomic E-state index is -5.87. The summed E-state index contributed by atoms with van der Waals surface area (Å²) in [5, 5.41) is 27.8. The number of para-hydroxylation sites is 1. The van der Waals surface area contributed by atoms with Crippen molar-refractivity contribution in [2.24, 2.45) is 5.92 Å². The van der Waals surface area contributed by atoms with E-state index in [1.165, 1.54) is 4.90 Å². The predicted molar refractivity (Wildman–Crippen MR) is 191 cm³/mol. The molecule has 16 heteroatoms. The minimum Gasteiger partial charge on any atom is -0.490 e. The molecule has 4 heterocycles. The van der Waals surface area contributed by atoms with Crippen LogP contribution in [-0.4, -0.2) is 106 Å². The number of carbonyl (C=O) groups excluding carboxylic acids is 2. The van der Waals surface area contributed by atoms with Crippen LogP contribution in [-0.2, 0) is 21.5 Å². The molecule has 55 heavy (non-hydrogen) atoms. The fourth-order valence-electron chi connectivity index (χ4n) is 7.20. The molecular weight excluding hydrogens is 729 g/mol. The first kappa shape index (κ1) is 40.0. The second kappa shape index (κ2) is 16.2. The van der Waals surface area contributed by atoms with Gasteiger partial charge < -0.3 is 30.0 Å². The Morgan fingerprint density at radius 3 is 2.47 bits per heavy atom. The number of aromatic nitrogens is 1. The largest absolute Gasteiger partial charge is 0.490 e. The molecule has 0 spiro atoms. The Balaban J connectivity index is 1.21. The Morgan fingerprint density at radius 2 is 1.75 bits per heavy atom. The van der Waals surface area contributed by atoms with Gasteiger partial charge in [-0.3, -0.25) is 24.4 Å². The van der Waals surface area contributed by atoms with Gasteiger partial charge >= 0.3 is 12.1 Å². The summed E-state index contributed by atoms with van der Waals surface area (Å²) < 4.78 is 78.7. The van der Waals surface area contributed by atoms with Crippen molar-refractivity contribution in [2.45, 2.75) is 68.6 Å². The van der Waals surface area contributed by atoms with Gasteiger partial charge in [-0.2, -0.15) is 22.0 Å². The van der Waals surface area contributed by atoms with Gasteiger partial charge in [-0.25, -0.2) is 0 Å². The van der Waals surface area contributed by atoms with Gasteiger partial charge in [0.2, 0.25) is 11.8 Å². The Bertz CT molecular complexity index is 1910. The number of nitrogens with zero attached hydrogens (tertiary/aromatic N) is 3. The fourth-order valence-corrected chi connectivity index (χ4v) is 7.20. The van der Waals surface area contributed by atoms with E-state index in [1.54, 1.807) is 54.1 Å². The van der Waals surface area contributed by atoms with E-state index >= 15 is 0 Å². The summed E-state index contributed by atoms with van der Waals surface area (Å²) in [6.07, 6.45) is -4.82. The molecule has 2 aromatic carbocycles. The number of nitrogens with one attached hydrogen (secondary N) is 2. The number of benzene rings is 2. The van der Waals surface area contributed by atoms with E-state index in [0.717, 1.165) is 10.9 Å². The third kappa shape index (κ3) is 9.09. The lowest BCUT2D eigenvalue weighted by molar-refractivity contribution is -0.278. The molecule has 2 aromatic heterocycles. The summed E-state index contributed by atoms with van der Waals surface area (Å²) in [5.41, 5.74) is 1.12. The lowest BCUT2D eigenvalue weighted by Gasteiger charge is -2.47. The van der Waals surface area contributed by atoms with Crippen molar-refractivity contribution < 1.29 is 50.9 Å². The van der Waals surface area contributed by atoms with Crippen molar-refractivity contribution in [3.05, 3.63) is 96.0 Å². The van der Waals surface area contributed by atoms with Crippen LogP contribution in [0.4, 0.5) is 22.0 Å². The molecule has 5 atom stereocenters. The van der Waals surface area contributed by atoms with Gasteiger partial charge in [0.15, 0.2) is 0 Å². The molecule has 0 aliphatic carbocycles. The summed E-state index contributed by atoms with van der Waals surface area (Å²) in [4.78, 5) is 35.0. The Morgan fingerprint density at radius 1 is 1.02 bits per heavy atom. The van der Waals surface area contributed by atoms with Gasteiger partial charge in [-0.05, 0) is 50.5 Å². The van der Waals surface area contributed by atoms with Crippen LogP contribution in [0, 0.1) is 5.92 Å². The van der Waals surface area contributed by atoms with E-state index in [4.69, 9.17) is 9.15 Å². The Hall–Kier alpha value is -4.64. The van der Waals surface area contributed by atoms with Crippen LogP contribution < -0.4 is 15.4 Å². The molecule has 11 nitrogen and oxygen atoms in total. The van der Waals surface area contributed by atoms with E-state index in [0.29, 0.717) is 29.2 Å². The number of pyridine rings is 1. The minimum absolute atomic E-state index is 0.0391. The highest BCUT2D eigenvalue weighted by atomic mass is 19.4. The normalized spacial score (nSPS) is 21.0. The maximum absolute atomic E-state index is 14.0. The molecule has 6 rings (SSSR count). The number of carbonyl (C=O) groups is 2. The number of hydrogen-bond acceptors (Lipinski definition) is 9. The first-order valence-electron chi connectivity index (χ1n) is 18.0. The number of aliphatic hydroxyl groups excluding tert-OH is 2. The highest BCUT2D eigenvalue weighted by molar-refractivity contribution is 5.82. The predicted octanol–water partition coefficient (Wildman–Crippen LogP) is 4.58. The van der Waals surface area contributed by atoms with E-state index in [9.17, 15) is 41.8 Å². The number of β-amino-alcohol motifs (C(OH)–C–C–N with tert-alkyl or cyclic N) is 1. The quantitative estimate of drug-likeness (QED) is 0.144. The number of furan rings is 1. The summed E-state index contributed by atoms with van der Waals surface area (Å²) in [7, 11) is 0. The van der Waals surface area contributed by atoms with Crippen molar-refractivity contribution in [1.82, 2.24) is 25.4 Å². The molecule has 2 aliphatic heterocycles. The fraction of sp³-hybridized carbons (Fsp3) is 0.462. The van der Waals surface area contributed by atoms with Crippen molar-refractivity contribution in [3.63, 3.8) is 0 Å². The monoisotopic (exact) mass is 773 g/mol. The molecule has 1 unspecified atom stereocenters. The Kier molecular flexibility index (Phi) is 11.8. The van der Waals surface area contributed by atoms with Crippen molar-refractivity contribution >= 4 is 22.8 Å².